The van der Waals surface area contributed by atoms with E-state index in [-0.39, 0.29) is 23.2 Å². The molecule has 1 aliphatic heterocycles. The smallest absolute Gasteiger partial charge is 0.229 e. The summed E-state index contributed by atoms with van der Waals surface area (Å²) < 4.78 is 0. The standard InChI is InChI=1S/C18H27N3OS.ClH/c1-17(12-18(17)7-9-19-10-8-18)16(22)21(2)11-15-20-13-5-3-4-6-14(13)23-15;/h19H,3-12H2,1-2H3;1H. The molecule has 4 nitrogen and oxygen atoms in total. The van der Waals surface area contributed by atoms with Gasteiger partial charge in [0.1, 0.15) is 5.01 Å². The fourth-order valence-electron chi connectivity index (χ4n) is 4.74. The van der Waals surface area contributed by atoms with Crippen molar-refractivity contribution in [2.75, 3.05) is 20.1 Å². The van der Waals surface area contributed by atoms with Crippen molar-refractivity contribution in [1.82, 2.24) is 15.2 Å². The molecule has 1 saturated carbocycles. The zero-order chi connectivity index (χ0) is 16.1. The SMILES string of the molecule is CN(Cc1nc2c(s1)CCCC2)C(=O)C1(C)CC12CCNCC2.Cl. The first-order chi connectivity index (χ1) is 11.0. The van der Waals surface area contributed by atoms with E-state index in [1.165, 1.54) is 29.8 Å². The van der Waals surface area contributed by atoms with E-state index < -0.39 is 0 Å². The molecule has 2 aliphatic carbocycles. The monoisotopic (exact) mass is 369 g/mol. The zero-order valence-electron chi connectivity index (χ0n) is 14.7. The van der Waals surface area contributed by atoms with Gasteiger partial charge >= 0.3 is 0 Å². The number of rotatable bonds is 3. The minimum absolute atomic E-state index is 0. The molecule has 1 aromatic heterocycles. The fourth-order valence-corrected chi connectivity index (χ4v) is 5.95. The number of carbonyl (C=O) groups is 1. The first-order valence-electron chi connectivity index (χ1n) is 8.98. The van der Waals surface area contributed by atoms with Crippen LogP contribution in [0.3, 0.4) is 0 Å². The molecule has 2 heterocycles. The Morgan fingerprint density at radius 1 is 1.29 bits per heavy atom. The van der Waals surface area contributed by atoms with Crippen molar-refractivity contribution in [3.8, 4) is 0 Å². The molecule has 4 rings (SSSR count). The number of aromatic nitrogens is 1. The summed E-state index contributed by atoms with van der Waals surface area (Å²) in [5, 5.41) is 4.54. The van der Waals surface area contributed by atoms with Gasteiger partial charge in [0.25, 0.3) is 0 Å². The Morgan fingerprint density at radius 2 is 2.00 bits per heavy atom. The third-order valence-corrected chi connectivity index (χ3v) is 7.52. The summed E-state index contributed by atoms with van der Waals surface area (Å²) in [4.78, 5) is 21.2. The molecule has 3 aliphatic rings. The van der Waals surface area contributed by atoms with Crippen LogP contribution in [0.2, 0.25) is 0 Å². The maximum atomic E-state index is 13.0. The summed E-state index contributed by atoms with van der Waals surface area (Å²) in [6, 6.07) is 0. The Kier molecular flexibility index (Phi) is 4.98. The first-order valence-corrected chi connectivity index (χ1v) is 9.80. The van der Waals surface area contributed by atoms with E-state index in [1.807, 2.05) is 23.3 Å². The van der Waals surface area contributed by atoms with Crippen LogP contribution in [0.4, 0.5) is 0 Å². The van der Waals surface area contributed by atoms with E-state index in [9.17, 15) is 4.79 Å². The van der Waals surface area contributed by atoms with Crippen LogP contribution in [-0.2, 0) is 24.2 Å². The van der Waals surface area contributed by atoms with Gasteiger partial charge in [-0.25, -0.2) is 4.98 Å². The van der Waals surface area contributed by atoms with Crippen molar-refractivity contribution in [1.29, 1.82) is 0 Å². The van der Waals surface area contributed by atoms with Gasteiger partial charge in [-0.2, -0.15) is 0 Å². The van der Waals surface area contributed by atoms with Crippen LogP contribution in [0.1, 0.15) is 54.6 Å². The van der Waals surface area contributed by atoms with Gasteiger partial charge in [0, 0.05) is 11.9 Å². The minimum Gasteiger partial charge on any atom is -0.339 e. The highest BCUT2D eigenvalue weighted by molar-refractivity contribution is 7.11. The number of nitrogens with one attached hydrogen (secondary N) is 1. The van der Waals surface area contributed by atoms with Crippen molar-refractivity contribution in [3.63, 3.8) is 0 Å². The van der Waals surface area contributed by atoms with Crippen molar-refractivity contribution < 1.29 is 4.79 Å². The summed E-state index contributed by atoms with van der Waals surface area (Å²) in [6.07, 6.45) is 8.22. The predicted octanol–water partition coefficient (Wildman–Crippen LogP) is 3.18. The van der Waals surface area contributed by atoms with Crippen LogP contribution in [0.15, 0.2) is 0 Å². The van der Waals surface area contributed by atoms with Crippen molar-refractivity contribution in [2.24, 2.45) is 10.8 Å². The van der Waals surface area contributed by atoms with Gasteiger partial charge in [0.15, 0.2) is 0 Å². The summed E-state index contributed by atoms with van der Waals surface area (Å²) in [6.45, 7) is 4.99. The van der Waals surface area contributed by atoms with E-state index in [0.717, 1.165) is 43.8 Å². The van der Waals surface area contributed by atoms with Crippen LogP contribution in [0.5, 0.6) is 0 Å². The average molecular weight is 370 g/mol. The van der Waals surface area contributed by atoms with Crippen LogP contribution < -0.4 is 5.32 Å². The van der Waals surface area contributed by atoms with E-state index in [2.05, 4.69) is 12.2 Å². The fraction of sp³-hybridized carbons (Fsp3) is 0.778. The van der Waals surface area contributed by atoms with Gasteiger partial charge in [-0.3, -0.25) is 4.79 Å². The number of fused-ring (bicyclic) bond motifs is 1. The Labute approximate surface area is 154 Å². The third kappa shape index (κ3) is 2.89. The normalized spacial score (nSPS) is 27.2. The molecular weight excluding hydrogens is 342 g/mol. The molecule has 6 heteroatoms. The van der Waals surface area contributed by atoms with Crippen LogP contribution >= 0.6 is 23.7 Å². The number of amides is 1. The number of hydrogen-bond acceptors (Lipinski definition) is 4. The molecule has 2 fully saturated rings. The molecule has 1 atom stereocenters. The summed E-state index contributed by atoms with van der Waals surface area (Å²) in [7, 11) is 1.96. The maximum absolute atomic E-state index is 13.0. The molecule has 24 heavy (non-hydrogen) atoms. The average Bonchev–Trinajstić information content (AvgIpc) is 2.93. The molecule has 134 valence electrons. The Balaban J connectivity index is 0.00000169. The largest absolute Gasteiger partial charge is 0.339 e. The molecular formula is C18H28ClN3OS. The second-order valence-corrected chi connectivity index (χ2v) is 9.05. The van der Waals surface area contributed by atoms with Gasteiger partial charge in [-0.05, 0) is 63.5 Å². The Morgan fingerprint density at radius 3 is 2.71 bits per heavy atom. The first kappa shape index (κ1) is 18.2. The van der Waals surface area contributed by atoms with Gasteiger partial charge in [-0.1, -0.05) is 6.92 Å². The minimum atomic E-state index is -0.138. The molecule has 0 aromatic carbocycles. The van der Waals surface area contributed by atoms with Crippen molar-refractivity contribution >= 4 is 29.7 Å². The number of halogens is 1. The molecule has 1 N–H and O–H groups in total. The van der Waals surface area contributed by atoms with Gasteiger partial charge < -0.3 is 10.2 Å². The van der Waals surface area contributed by atoms with Crippen molar-refractivity contribution in [3.05, 3.63) is 15.6 Å². The van der Waals surface area contributed by atoms with E-state index in [4.69, 9.17) is 4.98 Å². The van der Waals surface area contributed by atoms with E-state index in [0.29, 0.717) is 12.5 Å². The highest BCUT2D eigenvalue weighted by atomic mass is 35.5. The topological polar surface area (TPSA) is 45.2 Å². The highest BCUT2D eigenvalue weighted by Crippen LogP contribution is 2.68. The molecule has 1 aromatic rings. The molecule has 1 spiro atoms. The number of carbonyl (C=O) groups excluding carboxylic acids is 1. The van der Waals surface area contributed by atoms with Crippen LogP contribution in [0.25, 0.3) is 0 Å². The van der Waals surface area contributed by atoms with Gasteiger partial charge in [0.2, 0.25) is 5.91 Å². The van der Waals surface area contributed by atoms with E-state index >= 15 is 0 Å². The van der Waals surface area contributed by atoms with Crippen LogP contribution in [0, 0.1) is 10.8 Å². The highest BCUT2D eigenvalue weighted by Gasteiger charge is 2.68. The molecule has 1 amide bonds. The Bertz CT molecular complexity index is 602. The lowest BCUT2D eigenvalue weighted by atomic mass is 9.85. The number of hydrogen-bond donors (Lipinski definition) is 1. The van der Waals surface area contributed by atoms with Gasteiger partial charge in [-0.15, -0.1) is 23.7 Å². The number of piperidine rings is 1. The maximum Gasteiger partial charge on any atom is 0.229 e. The zero-order valence-corrected chi connectivity index (χ0v) is 16.3. The predicted molar refractivity (Wildman–Crippen MR) is 99.7 cm³/mol. The van der Waals surface area contributed by atoms with Gasteiger partial charge in [0.05, 0.1) is 17.7 Å². The molecule has 1 saturated heterocycles. The lowest BCUT2D eigenvalue weighted by Crippen LogP contribution is -2.39. The molecule has 0 bridgehead atoms. The second kappa shape index (κ2) is 6.58. The molecule has 1 unspecified atom stereocenters. The summed E-state index contributed by atoms with van der Waals surface area (Å²) >= 11 is 1.82. The van der Waals surface area contributed by atoms with E-state index in [1.54, 1.807) is 0 Å². The van der Waals surface area contributed by atoms with Crippen LogP contribution in [-0.4, -0.2) is 35.9 Å². The molecule has 0 radical (unpaired) electrons. The number of aryl methyl sites for hydroxylation is 2. The third-order valence-electron chi connectivity index (χ3n) is 6.38. The van der Waals surface area contributed by atoms with Crippen molar-refractivity contribution in [2.45, 2.75) is 58.4 Å². The quantitative estimate of drug-likeness (QED) is 0.889. The number of thiazole rings is 1. The Hall–Kier alpha value is -0.650. The second-order valence-electron chi connectivity index (χ2n) is 7.89. The summed E-state index contributed by atoms with van der Waals surface area (Å²) in [5.41, 5.74) is 1.43. The lowest BCUT2D eigenvalue weighted by Gasteiger charge is -2.29. The summed E-state index contributed by atoms with van der Waals surface area (Å²) in [5.74, 6) is 0.326. The number of nitrogens with zero attached hydrogens (tertiary/aromatic N) is 2. The lowest BCUT2D eigenvalue weighted by molar-refractivity contribution is -0.137.